The minimum Gasteiger partial charge on any atom is -0.382 e. The van der Waals surface area contributed by atoms with Crippen molar-refractivity contribution >= 4 is 5.84 Å². The molecule has 2 heterocycles. The third kappa shape index (κ3) is 1.99. The Balaban J connectivity index is 2.55. The zero-order chi connectivity index (χ0) is 13.3. The Bertz CT molecular complexity index is 597. The van der Waals surface area contributed by atoms with Gasteiger partial charge in [-0.3, -0.25) is 10.4 Å². The molecule has 0 aliphatic carbocycles. The van der Waals surface area contributed by atoms with E-state index in [1.165, 1.54) is 5.56 Å². The van der Waals surface area contributed by atoms with Crippen molar-refractivity contribution in [2.75, 3.05) is 0 Å². The fourth-order valence-electron chi connectivity index (χ4n) is 2.14. The van der Waals surface area contributed by atoms with Gasteiger partial charge in [0.2, 0.25) is 0 Å². The van der Waals surface area contributed by atoms with Crippen LogP contribution in [-0.2, 0) is 6.42 Å². The van der Waals surface area contributed by atoms with E-state index in [4.69, 9.17) is 11.1 Å². The molecule has 0 amide bonds. The third-order valence-corrected chi connectivity index (χ3v) is 3.06. The van der Waals surface area contributed by atoms with E-state index >= 15 is 0 Å². The van der Waals surface area contributed by atoms with Crippen molar-refractivity contribution in [3.8, 4) is 5.69 Å². The highest BCUT2D eigenvalue weighted by Gasteiger charge is 2.11. The number of aromatic nitrogens is 3. The SMILES string of the molecule is CCc1c(C)nn(-c2ccnc(C(=N)N)c2)c1C. The molecule has 5 nitrogen and oxygen atoms in total. The molecule has 18 heavy (non-hydrogen) atoms. The van der Waals surface area contributed by atoms with Gasteiger partial charge < -0.3 is 5.73 Å². The summed E-state index contributed by atoms with van der Waals surface area (Å²) in [6.45, 7) is 6.18. The van der Waals surface area contributed by atoms with Crippen LogP contribution in [-0.4, -0.2) is 20.6 Å². The van der Waals surface area contributed by atoms with E-state index in [9.17, 15) is 0 Å². The second-order valence-electron chi connectivity index (χ2n) is 4.23. The summed E-state index contributed by atoms with van der Waals surface area (Å²) >= 11 is 0. The van der Waals surface area contributed by atoms with Crippen LogP contribution in [0.15, 0.2) is 18.3 Å². The highest BCUT2D eigenvalue weighted by Crippen LogP contribution is 2.18. The van der Waals surface area contributed by atoms with E-state index < -0.39 is 0 Å². The molecule has 0 spiro atoms. The maximum absolute atomic E-state index is 7.42. The molecule has 0 bridgehead atoms. The van der Waals surface area contributed by atoms with E-state index in [2.05, 4.69) is 17.0 Å². The minimum atomic E-state index is -0.0332. The lowest BCUT2D eigenvalue weighted by molar-refractivity contribution is 0.830. The van der Waals surface area contributed by atoms with Crippen molar-refractivity contribution < 1.29 is 0 Å². The van der Waals surface area contributed by atoms with Crippen LogP contribution in [0.25, 0.3) is 5.69 Å². The number of nitrogens with one attached hydrogen (secondary N) is 1. The van der Waals surface area contributed by atoms with E-state index in [-0.39, 0.29) is 5.84 Å². The molecule has 0 unspecified atom stereocenters. The van der Waals surface area contributed by atoms with E-state index in [0.29, 0.717) is 5.69 Å². The van der Waals surface area contributed by atoms with Crippen molar-refractivity contribution in [3.05, 3.63) is 41.0 Å². The zero-order valence-electron chi connectivity index (χ0n) is 10.9. The van der Waals surface area contributed by atoms with Gasteiger partial charge in [0.15, 0.2) is 0 Å². The topological polar surface area (TPSA) is 80.6 Å². The van der Waals surface area contributed by atoms with Gasteiger partial charge in [0, 0.05) is 11.9 Å². The van der Waals surface area contributed by atoms with Gasteiger partial charge in [-0.1, -0.05) is 6.92 Å². The summed E-state index contributed by atoms with van der Waals surface area (Å²) < 4.78 is 1.88. The monoisotopic (exact) mass is 243 g/mol. The molecule has 0 radical (unpaired) electrons. The van der Waals surface area contributed by atoms with Crippen molar-refractivity contribution in [1.82, 2.24) is 14.8 Å². The predicted octanol–water partition coefficient (Wildman–Crippen LogP) is 1.73. The summed E-state index contributed by atoms with van der Waals surface area (Å²) in [6, 6.07) is 3.65. The highest BCUT2D eigenvalue weighted by atomic mass is 15.3. The largest absolute Gasteiger partial charge is 0.382 e. The molecule has 0 saturated heterocycles. The highest BCUT2D eigenvalue weighted by molar-refractivity contribution is 5.93. The molecule has 94 valence electrons. The van der Waals surface area contributed by atoms with Crippen LogP contribution in [0.3, 0.4) is 0 Å². The number of hydrogen-bond donors (Lipinski definition) is 2. The van der Waals surface area contributed by atoms with Crippen LogP contribution < -0.4 is 5.73 Å². The molecule has 5 heteroatoms. The first-order chi connectivity index (χ1) is 8.54. The van der Waals surface area contributed by atoms with Crippen molar-refractivity contribution in [1.29, 1.82) is 5.41 Å². The number of nitrogens with two attached hydrogens (primary N) is 1. The maximum atomic E-state index is 7.42. The normalized spacial score (nSPS) is 10.6. The Morgan fingerprint density at radius 1 is 1.44 bits per heavy atom. The first kappa shape index (κ1) is 12.3. The number of aryl methyl sites for hydroxylation is 1. The molecule has 2 aromatic rings. The van der Waals surface area contributed by atoms with Crippen molar-refractivity contribution in [3.63, 3.8) is 0 Å². The first-order valence-electron chi connectivity index (χ1n) is 5.90. The number of rotatable bonds is 3. The predicted molar refractivity (Wildman–Crippen MR) is 71.2 cm³/mol. The smallest absolute Gasteiger partial charge is 0.141 e. The second kappa shape index (κ2) is 4.60. The third-order valence-electron chi connectivity index (χ3n) is 3.06. The lowest BCUT2D eigenvalue weighted by Crippen LogP contribution is -2.13. The summed E-state index contributed by atoms with van der Waals surface area (Å²) in [7, 11) is 0. The molecule has 0 saturated carbocycles. The average Bonchev–Trinajstić information content (AvgIpc) is 2.64. The Labute approximate surface area is 106 Å². The number of amidine groups is 1. The maximum Gasteiger partial charge on any atom is 0.141 e. The fourth-order valence-corrected chi connectivity index (χ4v) is 2.14. The molecular weight excluding hydrogens is 226 g/mol. The van der Waals surface area contributed by atoms with Gasteiger partial charge in [0.1, 0.15) is 11.5 Å². The van der Waals surface area contributed by atoms with Gasteiger partial charge in [0.25, 0.3) is 0 Å². The van der Waals surface area contributed by atoms with Gasteiger partial charge in [-0.05, 0) is 38.0 Å². The summed E-state index contributed by atoms with van der Waals surface area (Å²) in [5, 5.41) is 11.9. The Hall–Kier alpha value is -2.17. The molecule has 0 fully saturated rings. The average molecular weight is 243 g/mol. The van der Waals surface area contributed by atoms with Crippen LogP contribution in [0.1, 0.15) is 29.6 Å². The zero-order valence-corrected chi connectivity index (χ0v) is 10.9. The summed E-state index contributed by atoms with van der Waals surface area (Å²) in [4.78, 5) is 4.05. The molecule has 3 N–H and O–H groups in total. The van der Waals surface area contributed by atoms with Crippen LogP contribution in [0.2, 0.25) is 0 Å². The Morgan fingerprint density at radius 2 is 2.17 bits per heavy atom. The summed E-state index contributed by atoms with van der Waals surface area (Å²) in [5.41, 5.74) is 10.2. The first-order valence-corrected chi connectivity index (χ1v) is 5.90. The molecular formula is C13H17N5. The van der Waals surface area contributed by atoms with Gasteiger partial charge >= 0.3 is 0 Å². The van der Waals surface area contributed by atoms with E-state index in [1.54, 1.807) is 12.3 Å². The lowest BCUT2D eigenvalue weighted by Gasteiger charge is -2.06. The standard InChI is InChI=1S/C13H17N5/c1-4-11-8(2)17-18(9(11)3)10-5-6-16-12(7-10)13(14)15/h5-7H,4H2,1-3H3,(H3,14,15). The molecule has 2 aromatic heterocycles. The number of nitrogen functional groups attached to an aromatic ring is 1. The molecule has 2 rings (SSSR count). The van der Waals surface area contributed by atoms with Gasteiger partial charge in [-0.2, -0.15) is 5.10 Å². The van der Waals surface area contributed by atoms with Crippen molar-refractivity contribution in [2.45, 2.75) is 27.2 Å². The summed E-state index contributed by atoms with van der Waals surface area (Å²) in [6.07, 6.45) is 2.61. The van der Waals surface area contributed by atoms with Crippen LogP contribution >= 0.6 is 0 Å². The molecule has 0 aliphatic rings. The van der Waals surface area contributed by atoms with E-state index in [1.807, 2.05) is 24.6 Å². The quantitative estimate of drug-likeness (QED) is 0.636. The summed E-state index contributed by atoms with van der Waals surface area (Å²) in [5.74, 6) is -0.0332. The van der Waals surface area contributed by atoms with Gasteiger partial charge in [-0.25, -0.2) is 4.68 Å². The molecule has 0 aliphatic heterocycles. The van der Waals surface area contributed by atoms with Crippen LogP contribution in [0.4, 0.5) is 0 Å². The Morgan fingerprint density at radius 3 is 2.72 bits per heavy atom. The van der Waals surface area contributed by atoms with Crippen LogP contribution in [0.5, 0.6) is 0 Å². The molecule has 0 aromatic carbocycles. The molecule has 0 atom stereocenters. The number of pyridine rings is 1. The van der Waals surface area contributed by atoms with Gasteiger partial charge in [-0.15, -0.1) is 0 Å². The fraction of sp³-hybridized carbons (Fsp3) is 0.308. The minimum absolute atomic E-state index is 0.0332. The number of nitrogens with zero attached hydrogens (tertiary/aromatic N) is 3. The lowest BCUT2D eigenvalue weighted by atomic mass is 10.1. The second-order valence-corrected chi connectivity index (χ2v) is 4.23. The van der Waals surface area contributed by atoms with Gasteiger partial charge in [0.05, 0.1) is 11.4 Å². The number of hydrogen-bond acceptors (Lipinski definition) is 3. The van der Waals surface area contributed by atoms with Crippen LogP contribution in [0, 0.1) is 19.3 Å². The van der Waals surface area contributed by atoms with E-state index in [0.717, 1.165) is 23.5 Å². The Kier molecular flexibility index (Phi) is 3.14. The van der Waals surface area contributed by atoms with Crippen molar-refractivity contribution in [2.24, 2.45) is 5.73 Å².